The van der Waals surface area contributed by atoms with E-state index in [2.05, 4.69) is 0 Å². The average molecular weight is 215 g/mol. The fourth-order valence-corrected chi connectivity index (χ4v) is 0.946. The molecule has 0 aliphatic rings. The molecule has 0 bridgehead atoms. The number of carboxylic acid groups (broad SMARTS) is 2. The molecule has 0 unspecified atom stereocenters. The van der Waals surface area contributed by atoms with Crippen molar-refractivity contribution in [1.29, 1.82) is 0 Å². The molecule has 0 aromatic rings. The molecule has 0 amide bonds. The van der Waals surface area contributed by atoms with Gasteiger partial charge in [0.15, 0.2) is 5.41 Å². The van der Waals surface area contributed by atoms with E-state index in [1.807, 2.05) is 0 Å². The second kappa shape index (κ2) is 5.17. The second-order valence-corrected chi connectivity index (χ2v) is 2.40. The number of hydrogen-bond donors (Lipinski definition) is 2. The number of hydrogen-bond acceptors (Lipinski definition) is 2. The Labute approximate surface area is 81.4 Å². The Morgan fingerprint density at radius 1 is 1.08 bits per heavy atom. The van der Waals surface area contributed by atoms with Crippen LogP contribution in [-0.4, -0.2) is 22.2 Å². The van der Waals surface area contributed by atoms with Crippen molar-refractivity contribution in [1.82, 2.24) is 0 Å². The zero-order chi connectivity index (χ0) is 9.07. The molecule has 12 heavy (non-hydrogen) atoms. The number of carboxylic acids is 2. The summed E-state index contributed by atoms with van der Waals surface area (Å²) in [6.07, 6.45) is 0.238. The van der Waals surface area contributed by atoms with Gasteiger partial charge in [-0.1, -0.05) is 13.8 Å². The Morgan fingerprint density at radius 3 is 1.33 bits per heavy atom. The molecule has 0 heterocycles. The van der Waals surface area contributed by atoms with Crippen LogP contribution < -0.4 is 0 Å². The first-order valence-corrected chi connectivity index (χ1v) is 3.48. The minimum absolute atomic E-state index is 0. The SMILES string of the molecule is CCC(CC)(C(=O)O)C(=O)O.[Mn]. The monoisotopic (exact) mass is 215 g/mol. The summed E-state index contributed by atoms with van der Waals surface area (Å²) in [6, 6.07) is 0. The molecule has 1 radical (unpaired) electrons. The van der Waals surface area contributed by atoms with Crippen LogP contribution in [-0.2, 0) is 26.7 Å². The smallest absolute Gasteiger partial charge is 0.321 e. The Balaban J connectivity index is 0. The van der Waals surface area contributed by atoms with Gasteiger partial charge in [0.05, 0.1) is 0 Å². The van der Waals surface area contributed by atoms with Crippen molar-refractivity contribution in [2.75, 3.05) is 0 Å². The largest absolute Gasteiger partial charge is 0.480 e. The fraction of sp³-hybridized carbons (Fsp3) is 0.714. The van der Waals surface area contributed by atoms with Gasteiger partial charge in [-0.15, -0.1) is 0 Å². The van der Waals surface area contributed by atoms with Crippen molar-refractivity contribution >= 4 is 11.9 Å². The molecule has 0 spiro atoms. The van der Waals surface area contributed by atoms with Gasteiger partial charge in [-0.25, -0.2) is 0 Å². The van der Waals surface area contributed by atoms with E-state index in [0.29, 0.717) is 0 Å². The summed E-state index contributed by atoms with van der Waals surface area (Å²) in [4.78, 5) is 21.1. The maximum absolute atomic E-state index is 10.5. The van der Waals surface area contributed by atoms with Gasteiger partial charge in [-0.3, -0.25) is 9.59 Å². The molecule has 0 saturated carbocycles. The van der Waals surface area contributed by atoms with Crippen molar-refractivity contribution in [3.8, 4) is 0 Å². The summed E-state index contributed by atoms with van der Waals surface area (Å²) in [5, 5.41) is 17.2. The van der Waals surface area contributed by atoms with Crippen molar-refractivity contribution in [2.45, 2.75) is 26.7 Å². The summed E-state index contributed by atoms with van der Waals surface area (Å²) >= 11 is 0. The first-order chi connectivity index (χ1) is 5.01. The predicted molar refractivity (Wildman–Crippen MR) is 38.3 cm³/mol. The van der Waals surface area contributed by atoms with Crippen molar-refractivity contribution in [2.24, 2.45) is 5.41 Å². The molecule has 0 saturated heterocycles. The average Bonchev–Trinajstić information content (AvgIpc) is 1.90. The first-order valence-electron chi connectivity index (χ1n) is 3.48. The van der Waals surface area contributed by atoms with E-state index in [4.69, 9.17) is 10.2 Å². The van der Waals surface area contributed by atoms with Crippen molar-refractivity contribution in [3.63, 3.8) is 0 Å². The van der Waals surface area contributed by atoms with Crippen molar-refractivity contribution in [3.05, 3.63) is 0 Å². The molecule has 0 rings (SSSR count). The van der Waals surface area contributed by atoms with Crippen LogP contribution in [0.2, 0.25) is 0 Å². The van der Waals surface area contributed by atoms with Gasteiger partial charge < -0.3 is 10.2 Å². The minimum atomic E-state index is -1.58. The Hall–Kier alpha value is -0.541. The molecule has 0 aliphatic carbocycles. The molecule has 71 valence electrons. The molecule has 0 atom stereocenters. The van der Waals surface area contributed by atoms with Crippen molar-refractivity contribution < 1.29 is 36.9 Å². The van der Waals surface area contributed by atoms with Crippen LogP contribution in [0.15, 0.2) is 0 Å². The maximum Gasteiger partial charge on any atom is 0.321 e. The number of aliphatic carboxylic acids is 2. The van der Waals surface area contributed by atoms with Gasteiger partial charge in [0.25, 0.3) is 0 Å². The summed E-state index contributed by atoms with van der Waals surface area (Å²) in [5.74, 6) is -2.51. The molecule has 0 aliphatic heterocycles. The second-order valence-electron chi connectivity index (χ2n) is 2.40. The van der Waals surface area contributed by atoms with E-state index in [-0.39, 0.29) is 29.9 Å². The van der Waals surface area contributed by atoms with Gasteiger partial charge in [0, 0.05) is 17.1 Å². The van der Waals surface area contributed by atoms with E-state index >= 15 is 0 Å². The molecule has 5 heteroatoms. The number of carbonyl (C=O) groups is 2. The third-order valence-electron chi connectivity index (χ3n) is 2.03. The minimum Gasteiger partial charge on any atom is -0.480 e. The topological polar surface area (TPSA) is 74.6 Å². The van der Waals surface area contributed by atoms with Crippen LogP contribution in [0.1, 0.15) is 26.7 Å². The van der Waals surface area contributed by atoms with E-state index in [1.54, 1.807) is 13.8 Å². The van der Waals surface area contributed by atoms with Gasteiger partial charge in [-0.2, -0.15) is 0 Å². The third-order valence-corrected chi connectivity index (χ3v) is 2.03. The maximum atomic E-state index is 10.5. The Bertz CT molecular complexity index is 158. The summed E-state index contributed by atoms with van der Waals surface area (Å²) in [7, 11) is 0. The fourth-order valence-electron chi connectivity index (χ4n) is 0.946. The molecular formula is C7H12MnO4. The van der Waals surface area contributed by atoms with Crippen LogP contribution in [0.5, 0.6) is 0 Å². The normalized spacial score (nSPS) is 10.2. The summed E-state index contributed by atoms with van der Waals surface area (Å²) < 4.78 is 0. The zero-order valence-corrected chi connectivity index (χ0v) is 8.18. The Kier molecular flexibility index (Phi) is 6.03. The summed E-state index contributed by atoms with van der Waals surface area (Å²) in [6.45, 7) is 3.12. The van der Waals surface area contributed by atoms with E-state index in [0.717, 1.165) is 0 Å². The molecule has 0 aromatic heterocycles. The van der Waals surface area contributed by atoms with Crippen LogP contribution in [0.25, 0.3) is 0 Å². The Morgan fingerprint density at radius 2 is 1.33 bits per heavy atom. The van der Waals surface area contributed by atoms with Crippen LogP contribution in [0.3, 0.4) is 0 Å². The third kappa shape index (κ3) is 2.22. The quantitative estimate of drug-likeness (QED) is 0.541. The standard InChI is InChI=1S/C7H12O4.Mn/c1-3-7(4-2,5(8)9)6(10)11;/h3-4H2,1-2H3,(H,8,9)(H,10,11);. The molecule has 0 fully saturated rings. The summed E-state index contributed by atoms with van der Waals surface area (Å²) in [5.41, 5.74) is -1.58. The molecule has 0 aromatic carbocycles. The first kappa shape index (κ1) is 14.0. The molecule has 2 N–H and O–H groups in total. The van der Waals surface area contributed by atoms with E-state index < -0.39 is 17.4 Å². The van der Waals surface area contributed by atoms with Crippen LogP contribution in [0, 0.1) is 5.41 Å². The van der Waals surface area contributed by atoms with Gasteiger partial charge in [0.1, 0.15) is 0 Å². The van der Waals surface area contributed by atoms with E-state index in [1.165, 1.54) is 0 Å². The molecular weight excluding hydrogens is 203 g/mol. The van der Waals surface area contributed by atoms with Crippen LogP contribution in [0.4, 0.5) is 0 Å². The van der Waals surface area contributed by atoms with Gasteiger partial charge in [-0.05, 0) is 12.8 Å². The number of rotatable bonds is 4. The zero-order valence-electron chi connectivity index (χ0n) is 7.00. The molecule has 4 nitrogen and oxygen atoms in total. The van der Waals surface area contributed by atoms with Gasteiger partial charge in [0.2, 0.25) is 0 Å². The van der Waals surface area contributed by atoms with E-state index in [9.17, 15) is 9.59 Å². The predicted octanol–water partition coefficient (Wildman–Crippen LogP) is 0.960. The van der Waals surface area contributed by atoms with Gasteiger partial charge >= 0.3 is 11.9 Å². The van der Waals surface area contributed by atoms with Crippen LogP contribution >= 0.6 is 0 Å².